The first-order valence-electron chi connectivity index (χ1n) is 6.81. The van der Waals surface area contributed by atoms with Gasteiger partial charge in [-0.15, -0.1) is 0 Å². The van der Waals surface area contributed by atoms with E-state index >= 15 is 0 Å². The first-order valence-corrected chi connectivity index (χ1v) is 6.81. The minimum Gasteiger partial charge on any atom is -0.398 e. The van der Waals surface area contributed by atoms with Gasteiger partial charge in [-0.25, -0.2) is 0 Å². The second-order valence-corrected chi connectivity index (χ2v) is 5.05. The molecule has 0 aromatic heterocycles. The van der Waals surface area contributed by atoms with Gasteiger partial charge in [0.25, 0.3) is 5.91 Å². The van der Waals surface area contributed by atoms with Crippen LogP contribution < -0.4 is 5.73 Å². The molecule has 98 valence electrons. The molecule has 0 aliphatic heterocycles. The maximum absolute atomic E-state index is 12.6. The Balaban J connectivity index is 2.25. The highest BCUT2D eigenvalue weighted by atomic mass is 16.2. The van der Waals surface area contributed by atoms with E-state index in [1.54, 1.807) is 0 Å². The number of nitrogen functional groups attached to an aromatic ring is 1. The van der Waals surface area contributed by atoms with Gasteiger partial charge in [0.05, 0.1) is 0 Å². The number of carbonyl (C=O) groups is 1. The monoisotopic (exact) mass is 246 g/mol. The molecule has 1 aliphatic rings. The lowest BCUT2D eigenvalue weighted by atomic mass is 10.0. The van der Waals surface area contributed by atoms with E-state index in [-0.39, 0.29) is 5.91 Å². The average molecular weight is 246 g/mol. The quantitative estimate of drug-likeness (QED) is 0.833. The smallest absolute Gasteiger partial charge is 0.254 e. The number of carbonyl (C=O) groups excluding carboxylic acids is 1. The first-order chi connectivity index (χ1) is 8.65. The maximum Gasteiger partial charge on any atom is 0.254 e. The molecule has 0 bridgehead atoms. The number of rotatable bonds is 3. The maximum atomic E-state index is 12.6. The Bertz CT molecular complexity index is 436. The van der Waals surface area contributed by atoms with E-state index in [9.17, 15) is 4.79 Å². The van der Waals surface area contributed by atoms with Crippen LogP contribution >= 0.6 is 0 Å². The highest BCUT2D eigenvalue weighted by Gasteiger charge is 2.26. The molecule has 1 amide bonds. The minimum atomic E-state index is 0.134. The number of anilines is 1. The molecule has 0 radical (unpaired) electrons. The second kappa shape index (κ2) is 5.42. The van der Waals surface area contributed by atoms with E-state index in [2.05, 4.69) is 6.92 Å². The van der Waals surface area contributed by atoms with Crippen molar-refractivity contribution in [3.63, 3.8) is 0 Å². The van der Waals surface area contributed by atoms with Crippen molar-refractivity contribution in [2.24, 2.45) is 0 Å². The van der Waals surface area contributed by atoms with E-state index in [1.165, 1.54) is 12.8 Å². The molecule has 0 heterocycles. The van der Waals surface area contributed by atoms with Gasteiger partial charge < -0.3 is 10.6 Å². The molecule has 3 heteroatoms. The van der Waals surface area contributed by atoms with Gasteiger partial charge in [0.2, 0.25) is 0 Å². The number of hydrogen-bond donors (Lipinski definition) is 1. The third kappa shape index (κ3) is 2.35. The predicted molar refractivity (Wildman–Crippen MR) is 74.6 cm³/mol. The van der Waals surface area contributed by atoms with Crippen molar-refractivity contribution >= 4 is 11.6 Å². The standard InChI is InChI=1S/C15H22N2O/c1-3-17(12-7-4-5-8-12)15(18)13-9-6-10-14(16)11(13)2/h6,9-10,12H,3-5,7-8,16H2,1-2H3. The molecule has 2 rings (SSSR count). The van der Waals surface area contributed by atoms with Gasteiger partial charge in [0, 0.05) is 23.8 Å². The summed E-state index contributed by atoms with van der Waals surface area (Å²) >= 11 is 0. The molecule has 18 heavy (non-hydrogen) atoms. The zero-order chi connectivity index (χ0) is 13.1. The lowest BCUT2D eigenvalue weighted by Crippen LogP contribution is -2.39. The predicted octanol–water partition coefficient (Wildman–Crippen LogP) is 2.98. The van der Waals surface area contributed by atoms with Crippen LogP contribution in [0.1, 0.15) is 48.5 Å². The van der Waals surface area contributed by atoms with Gasteiger partial charge in [0.1, 0.15) is 0 Å². The van der Waals surface area contributed by atoms with Crippen LogP contribution in [-0.2, 0) is 0 Å². The summed E-state index contributed by atoms with van der Waals surface area (Å²) in [5.74, 6) is 0.134. The normalized spacial score (nSPS) is 15.9. The van der Waals surface area contributed by atoms with Gasteiger partial charge in [-0.3, -0.25) is 4.79 Å². The van der Waals surface area contributed by atoms with Crippen molar-refractivity contribution in [2.45, 2.75) is 45.6 Å². The van der Waals surface area contributed by atoms with Crippen LogP contribution in [0.4, 0.5) is 5.69 Å². The zero-order valence-corrected chi connectivity index (χ0v) is 11.3. The molecular formula is C15H22N2O. The van der Waals surface area contributed by atoms with E-state index < -0.39 is 0 Å². The number of amides is 1. The van der Waals surface area contributed by atoms with Crippen LogP contribution in [-0.4, -0.2) is 23.4 Å². The summed E-state index contributed by atoms with van der Waals surface area (Å²) in [7, 11) is 0. The Morgan fingerprint density at radius 2 is 2.06 bits per heavy atom. The fraction of sp³-hybridized carbons (Fsp3) is 0.533. The van der Waals surface area contributed by atoms with Crippen molar-refractivity contribution in [1.29, 1.82) is 0 Å². The van der Waals surface area contributed by atoms with Crippen LogP contribution in [0.3, 0.4) is 0 Å². The topological polar surface area (TPSA) is 46.3 Å². The van der Waals surface area contributed by atoms with E-state index in [0.717, 1.165) is 30.5 Å². The molecular weight excluding hydrogens is 224 g/mol. The minimum absolute atomic E-state index is 0.134. The summed E-state index contributed by atoms with van der Waals surface area (Å²) in [6.07, 6.45) is 4.76. The molecule has 2 N–H and O–H groups in total. The van der Waals surface area contributed by atoms with Gasteiger partial charge in [-0.1, -0.05) is 18.9 Å². The second-order valence-electron chi connectivity index (χ2n) is 5.05. The molecule has 0 spiro atoms. The Labute approximate surface area is 109 Å². The fourth-order valence-corrected chi connectivity index (χ4v) is 2.82. The Hall–Kier alpha value is -1.51. The van der Waals surface area contributed by atoms with Crippen molar-refractivity contribution < 1.29 is 4.79 Å². The van der Waals surface area contributed by atoms with Crippen molar-refractivity contribution in [2.75, 3.05) is 12.3 Å². The molecule has 1 fully saturated rings. The Morgan fingerprint density at radius 3 is 2.67 bits per heavy atom. The van der Waals surface area contributed by atoms with Crippen molar-refractivity contribution in [1.82, 2.24) is 4.90 Å². The lowest BCUT2D eigenvalue weighted by molar-refractivity contribution is 0.0693. The summed E-state index contributed by atoms with van der Waals surface area (Å²) in [4.78, 5) is 14.6. The van der Waals surface area contributed by atoms with Gasteiger partial charge in [-0.05, 0) is 44.4 Å². The summed E-state index contributed by atoms with van der Waals surface area (Å²) in [6, 6.07) is 6.00. The molecule has 1 aromatic carbocycles. The Kier molecular flexibility index (Phi) is 3.90. The van der Waals surface area contributed by atoms with E-state index in [0.29, 0.717) is 11.7 Å². The van der Waals surface area contributed by atoms with Crippen molar-refractivity contribution in [3.05, 3.63) is 29.3 Å². The van der Waals surface area contributed by atoms with Gasteiger partial charge >= 0.3 is 0 Å². The number of nitrogens with zero attached hydrogens (tertiary/aromatic N) is 1. The van der Waals surface area contributed by atoms with Crippen molar-refractivity contribution in [3.8, 4) is 0 Å². The fourth-order valence-electron chi connectivity index (χ4n) is 2.82. The largest absolute Gasteiger partial charge is 0.398 e. The highest BCUT2D eigenvalue weighted by Crippen LogP contribution is 2.26. The molecule has 0 saturated heterocycles. The number of hydrogen-bond acceptors (Lipinski definition) is 2. The third-order valence-corrected chi connectivity index (χ3v) is 3.97. The van der Waals surface area contributed by atoms with Crippen LogP contribution in [0.15, 0.2) is 18.2 Å². The van der Waals surface area contributed by atoms with E-state index in [4.69, 9.17) is 5.73 Å². The van der Waals surface area contributed by atoms with Crippen LogP contribution in [0.5, 0.6) is 0 Å². The average Bonchev–Trinajstić information content (AvgIpc) is 2.87. The molecule has 0 unspecified atom stereocenters. The molecule has 3 nitrogen and oxygen atoms in total. The molecule has 0 atom stereocenters. The van der Waals surface area contributed by atoms with Crippen LogP contribution in [0, 0.1) is 6.92 Å². The molecule has 1 aliphatic carbocycles. The van der Waals surface area contributed by atoms with Crippen LogP contribution in [0.2, 0.25) is 0 Å². The van der Waals surface area contributed by atoms with Gasteiger partial charge in [-0.2, -0.15) is 0 Å². The Morgan fingerprint density at radius 1 is 1.39 bits per heavy atom. The first kappa shape index (κ1) is 12.9. The lowest BCUT2D eigenvalue weighted by Gasteiger charge is -2.28. The number of benzene rings is 1. The van der Waals surface area contributed by atoms with E-state index in [1.807, 2.05) is 30.0 Å². The number of nitrogens with two attached hydrogens (primary N) is 1. The molecule has 1 saturated carbocycles. The third-order valence-electron chi connectivity index (χ3n) is 3.97. The SMILES string of the molecule is CCN(C(=O)c1cccc(N)c1C)C1CCCC1. The summed E-state index contributed by atoms with van der Waals surface area (Å²) < 4.78 is 0. The van der Waals surface area contributed by atoms with Crippen LogP contribution in [0.25, 0.3) is 0 Å². The zero-order valence-electron chi connectivity index (χ0n) is 11.3. The molecule has 1 aromatic rings. The summed E-state index contributed by atoms with van der Waals surface area (Å²) in [6.45, 7) is 4.75. The van der Waals surface area contributed by atoms with Gasteiger partial charge in [0.15, 0.2) is 0 Å². The summed E-state index contributed by atoms with van der Waals surface area (Å²) in [5, 5.41) is 0. The summed E-state index contributed by atoms with van der Waals surface area (Å²) in [5.41, 5.74) is 8.24. The highest BCUT2D eigenvalue weighted by molar-refractivity contribution is 5.97.